The van der Waals surface area contributed by atoms with Gasteiger partial charge in [-0.15, -0.1) is 0 Å². The Morgan fingerprint density at radius 1 is 1.43 bits per heavy atom. The number of benzene rings is 1. The van der Waals surface area contributed by atoms with Crippen LogP contribution in [0.1, 0.15) is 30.1 Å². The summed E-state index contributed by atoms with van der Waals surface area (Å²) in [6, 6.07) is 7.28. The lowest BCUT2D eigenvalue weighted by Crippen LogP contribution is -2.52. The van der Waals surface area contributed by atoms with Gasteiger partial charge in [0.15, 0.2) is 0 Å². The number of ether oxygens (including phenoxy) is 2. The van der Waals surface area contributed by atoms with Gasteiger partial charge in [-0.3, -0.25) is 4.79 Å². The zero-order valence-corrected chi connectivity index (χ0v) is 12.6. The van der Waals surface area contributed by atoms with Gasteiger partial charge in [-0.25, -0.2) is 0 Å². The van der Waals surface area contributed by atoms with E-state index in [2.05, 4.69) is 6.92 Å². The van der Waals surface area contributed by atoms with E-state index in [4.69, 9.17) is 15.2 Å². The number of amides is 1. The number of hydrogen-bond donors (Lipinski definition) is 1. The van der Waals surface area contributed by atoms with Gasteiger partial charge in [-0.2, -0.15) is 0 Å². The smallest absolute Gasteiger partial charge is 0.254 e. The summed E-state index contributed by atoms with van der Waals surface area (Å²) in [6.45, 7) is 4.93. The molecule has 0 aliphatic carbocycles. The largest absolute Gasteiger partial charge is 0.494 e. The molecule has 0 bridgehead atoms. The van der Waals surface area contributed by atoms with Crippen molar-refractivity contribution >= 4 is 5.91 Å². The molecule has 1 saturated heterocycles. The molecule has 1 fully saturated rings. The summed E-state index contributed by atoms with van der Waals surface area (Å²) in [4.78, 5) is 14.3. The Morgan fingerprint density at radius 3 is 2.86 bits per heavy atom. The Labute approximate surface area is 126 Å². The van der Waals surface area contributed by atoms with E-state index >= 15 is 0 Å². The molecular weight excluding hydrogens is 268 g/mol. The van der Waals surface area contributed by atoms with Gasteiger partial charge >= 0.3 is 0 Å². The molecule has 1 heterocycles. The molecule has 1 amide bonds. The number of unbranched alkanes of at least 4 members (excludes halogenated alkanes) is 1. The van der Waals surface area contributed by atoms with Gasteiger partial charge in [0.2, 0.25) is 0 Å². The topological polar surface area (TPSA) is 64.8 Å². The predicted octanol–water partition coefficient (Wildman–Crippen LogP) is 1.67. The van der Waals surface area contributed by atoms with Gasteiger partial charge in [0.05, 0.1) is 25.9 Å². The third-order valence-electron chi connectivity index (χ3n) is 3.63. The summed E-state index contributed by atoms with van der Waals surface area (Å²) in [7, 11) is 0. The summed E-state index contributed by atoms with van der Waals surface area (Å²) in [5.41, 5.74) is 6.37. The van der Waals surface area contributed by atoms with Crippen molar-refractivity contribution in [1.29, 1.82) is 0 Å². The SMILES string of the molecule is CCCCOc1ccc(C(=O)N2CCOCC2CN)cc1. The van der Waals surface area contributed by atoms with Crippen LogP contribution in [0.3, 0.4) is 0 Å². The molecule has 2 N–H and O–H groups in total. The molecule has 0 saturated carbocycles. The second kappa shape index (κ2) is 8.00. The van der Waals surface area contributed by atoms with Crippen molar-refractivity contribution in [1.82, 2.24) is 4.90 Å². The molecule has 1 unspecified atom stereocenters. The average Bonchev–Trinajstić information content (AvgIpc) is 2.55. The van der Waals surface area contributed by atoms with Crippen LogP contribution in [0.5, 0.6) is 5.75 Å². The fourth-order valence-corrected chi connectivity index (χ4v) is 2.31. The Balaban J connectivity index is 1.98. The lowest BCUT2D eigenvalue weighted by molar-refractivity contribution is 0.000838. The lowest BCUT2D eigenvalue weighted by atomic mass is 10.1. The van der Waals surface area contributed by atoms with Crippen molar-refractivity contribution in [3.63, 3.8) is 0 Å². The monoisotopic (exact) mass is 292 g/mol. The molecule has 1 aromatic carbocycles. The quantitative estimate of drug-likeness (QED) is 0.810. The van der Waals surface area contributed by atoms with Crippen molar-refractivity contribution in [2.75, 3.05) is 32.9 Å². The molecule has 1 aliphatic heterocycles. The first-order chi connectivity index (χ1) is 10.3. The van der Waals surface area contributed by atoms with E-state index in [0.717, 1.165) is 18.6 Å². The highest BCUT2D eigenvalue weighted by atomic mass is 16.5. The Bertz CT molecular complexity index is 447. The fraction of sp³-hybridized carbons (Fsp3) is 0.562. The Kier molecular flexibility index (Phi) is 6.02. The van der Waals surface area contributed by atoms with Crippen LogP contribution in [0, 0.1) is 0 Å². The minimum absolute atomic E-state index is 0.00820. The third-order valence-corrected chi connectivity index (χ3v) is 3.63. The highest BCUT2D eigenvalue weighted by Gasteiger charge is 2.26. The second-order valence-electron chi connectivity index (χ2n) is 5.19. The van der Waals surface area contributed by atoms with Crippen LogP contribution in [0.15, 0.2) is 24.3 Å². The van der Waals surface area contributed by atoms with Gasteiger partial charge in [-0.05, 0) is 30.7 Å². The normalized spacial score (nSPS) is 18.6. The van der Waals surface area contributed by atoms with Crippen LogP contribution in [0.2, 0.25) is 0 Å². The number of nitrogens with two attached hydrogens (primary N) is 1. The van der Waals surface area contributed by atoms with Gasteiger partial charge in [0.25, 0.3) is 5.91 Å². The van der Waals surface area contributed by atoms with Gasteiger partial charge < -0.3 is 20.1 Å². The van der Waals surface area contributed by atoms with E-state index in [9.17, 15) is 4.79 Å². The Hall–Kier alpha value is -1.59. The molecule has 1 aromatic rings. The standard InChI is InChI=1S/C16H24N2O3/c1-2-3-9-21-15-6-4-13(5-7-15)16(19)18-8-10-20-12-14(18)11-17/h4-7,14H,2-3,8-12,17H2,1H3. The van der Waals surface area contributed by atoms with E-state index in [-0.39, 0.29) is 11.9 Å². The molecule has 2 rings (SSSR count). The summed E-state index contributed by atoms with van der Waals surface area (Å²) in [6.07, 6.45) is 2.14. The number of carbonyl (C=O) groups is 1. The third kappa shape index (κ3) is 4.19. The van der Waals surface area contributed by atoms with Gasteiger partial charge in [0.1, 0.15) is 5.75 Å². The predicted molar refractivity (Wildman–Crippen MR) is 81.5 cm³/mol. The number of hydrogen-bond acceptors (Lipinski definition) is 4. The second-order valence-corrected chi connectivity index (χ2v) is 5.19. The summed E-state index contributed by atoms with van der Waals surface area (Å²) in [5.74, 6) is 0.811. The van der Waals surface area contributed by atoms with E-state index < -0.39 is 0 Å². The molecule has 1 aliphatic rings. The maximum absolute atomic E-state index is 12.5. The lowest BCUT2D eigenvalue weighted by Gasteiger charge is -2.34. The first kappa shape index (κ1) is 15.8. The van der Waals surface area contributed by atoms with Crippen LogP contribution in [0.25, 0.3) is 0 Å². The molecule has 1 atom stereocenters. The number of rotatable bonds is 6. The van der Waals surface area contributed by atoms with Crippen LogP contribution in [-0.4, -0.2) is 49.8 Å². The van der Waals surface area contributed by atoms with Crippen molar-refractivity contribution in [2.24, 2.45) is 5.73 Å². The first-order valence-electron chi connectivity index (χ1n) is 7.58. The molecule has 0 aromatic heterocycles. The number of carbonyl (C=O) groups excluding carboxylic acids is 1. The van der Waals surface area contributed by atoms with E-state index in [0.29, 0.717) is 38.5 Å². The first-order valence-corrected chi connectivity index (χ1v) is 7.58. The van der Waals surface area contributed by atoms with Crippen molar-refractivity contribution in [2.45, 2.75) is 25.8 Å². The zero-order valence-electron chi connectivity index (χ0n) is 12.6. The molecule has 0 radical (unpaired) electrons. The molecule has 5 heteroatoms. The average molecular weight is 292 g/mol. The number of morpholine rings is 1. The van der Waals surface area contributed by atoms with E-state index in [1.54, 1.807) is 4.90 Å². The van der Waals surface area contributed by atoms with Gasteiger partial charge in [0, 0.05) is 18.7 Å². The van der Waals surface area contributed by atoms with Crippen molar-refractivity contribution in [3.05, 3.63) is 29.8 Å². The maximum Gasteiger partial charge on any atom is 0.254 e. The van der Waals surface area contributed by atoms with E-state index in [1.165, 1.54) is 0 Å². The molecule has 116 valence electrons. The molecule has 0 spiro atoms. The summed E-state index contributed by atoms with van der Waals surface area (Å²) in [5, 5.41) is 0. The molecule has 5 nitrogen and oxygen atoms in total. The number of nitrogens with zero attached hydrogens (tertiary/aromatic N) is 1. The minimum atomic E-state index is -0.0354. The van der Waals surface area contributed by atoms with Crippen molar-refractivity contribution < 1.29 is 14.3 Å². The highest BCUT2D eigenvalue weighted by Crippen LogP contribution is 2.16. The van der Waals surface area contributed by atoms with Gasteiger partial charge in [-0.1, -0.05) is 13.3 Å². The molecule has 21 heavy (non-hydrogen) atoms. The summed E-state index contributed by atoms with van der Waals surface area (Å²) >= 11 is 0. The Morgan fingerprint density at radius 2 is 2.19 bits per heavy atom. The molecular formula is C16H24N2O3. The minimum Gasteiger partial charge on any atom is -0.494 e. The maximum atomic E-state index is 12.5. The highest BCUT2D eigenvalue weighted by molar-refractivity contribution is 5.94. The van der Waals surface area contributed by atoms with Crippen LogP contribution in [-0.2, 0) is 4.74 Å². The van der Waals surface area contributed by atoms with Crippen LogP contribution >= 0.6 is 0 Å². The fourth-order valence-electron chi connectivity index (χ4n) is 2.31. The zero-order chi connectivity index (χ0) is 15.1. The van der Waals surface area contributed by atoms with E-state index in [1.807, 2.05) is 24.3 Å². The van der Waals surface area contributed by atoms with Crippen LogP contribution < -0.4 is 10.5 Å². The van der Waals surface area contributed by atoms with Crippen molar-refractivity contribution in [3.8, 4) is 5.75 Å². The van der Waals surface area contributed by atoms with Crippen LogP contribution in [0.4, 0.5) is 0 Å². The summed E-state index contributed by atoms with van der Waals surface area (Å²) < 4.78 is 11.0.